The largest absolute Gasteiger partial charge is 1.00 e. The Morgan fingerprint density at radius 1 is 1.24 bits per heavy atom. The first kappa shape index (κ1) is 23.9. The zero-order valence-corrected chi connectivity index (χ0v) is 20.2. The molecule has 0 saturated carbocycles. The van der Waals surface area contributed by atoms with E-state index in [9.17, 15) is 19.5 Å². The minimum absolute atomic E-state index is 0. The van der Waals surface area contributed by atoms with E-state index in [1.165, 1.54) is 23.8 Å². The molecule has 0 spiro atoms. The van der Waals surface area contributed by atoms with Crippen molar-refractivity contribution in [3.8, 4) is 11.5 Å². The number of methoxy groups -OCH3 is 1. The first-order valence-electron chi connectivity index (χ1n) is 8.83. The number of carbonyl (C=O) groups is 3. The summed E-state index contributed by atoms with van der Waals surface area (Å²) in [6.07, 6.45) is 0. The van der Waals surface area contributed by atoms with Gasteiger partial charge in [0, 0.05) is 4.75 Å². The summed E-state index contributed by atoms with van der Waals surface area (Å²) >= 11 is 1.34. The van der Waals surface area contributed by atoms with Crippen molar-refractivity contribution in [2.24, 2.45) is 0 Å². The number of aliphatic carboxylic acids is 1. The van der Waals surface area contributed by atoms with E-state index < -0.39 is 45.6 Å². The SMILES string of the molecule is COc1ccccc1OC(C)(C)C(=O)N[C@@H]1C(=O)N2[C@@H]1SC(C)(C)[C@@H]2C(=O)[O-].[Na+]. The van der Waals surface area contributed by atoms with Crippen LogP contribution in [0.3, 0.4) is 0 Å². The Bertz CT molecular complexity index is 831. The molecule has 2 fully saturated rings. The maximum atomic E-state index is 12.8. The third-order valence-electron chi connectivity index (χ3n) is 4.93. The summed E-state index contributed by atoms with van der Waals surface area (Å²) in [5.74, 6) is -1.32. The van der Waals surface area contributed by atoms with Gasteiger partial charge in [0.1, 0.15) is 11.4 Å². The molecule has 1 aromatic rings. The normalized spacial score (nSPS) is 24.7. The van der Waals surface area contributed by atoms with Gasteiger partial charge in [0.2, 0.25) is 5.91 Å². The molecule has 0 unspecified atom stereocenters. The number of fused-ring (bicyclic) bond motifs is 1. The standard InChI is InChI=1S/C19H24N2O6S.Na/c1-18(2,27-11-9-7-6-8-10(11)26-5)17(25)20-12-14(22)21-13(16(23)24)19(3,4)28-15(12)21;/h6-9,12-13,15H,1-5H3,(H,20,25)(H,23,24);/q;+1/p-1/t12-,13+,15-;/m1./s1. The fourth-order valence-corrected chi connectivity index (χ4v) is 5.09. The van der Waals surface area contributed by atoms with Crippen LogP contribution in [-0.2, 0) is 14.4 Å². The summed E-state index contributed by atoms with van der Waals surface area (Å²) in [6.45, 7) is 6.67. The fraction of sp³-hybridized carbons (Fsp3) is 0.526. The van der Waals surface area contributed by atoms with Gasteiger partial charge in [0.25, 0.3) is 5.91 Å². The predicted molar refractivity (Wildman–Crippen MR) is 101 cm³/mol. The number of rotatable bonds is 6. The summed E-state index contributed by atoms with van der Waals surface area (Å²) in [4.78, 5) is 38.1. The zero-order chi connectivity index (χ0) is 20.9. The smallest absolute Gasteiger partial charge is 0.548 e. The molecule has 2 heterocycles. The summed E-state index contributed by atoms with van der Waals surface area (Å²) in [6, 6.07) is 5.12. The van der Waals surface area contributed by atoms with Crippen LogP contribution in [0.4, 0.5) is 0 Å². The van der Waals surface area contributed by atoms with E-state index in [1.54, 1.807) is 52.0 Å². The number of β-lactam (4-membered cyclic amide) rings is 1. The molecule has 3 rings (SSSR count). The molecule has 152 valence electrons. The molecular formula is C19H23N2NaO6S. The van der Waals surface area contributed by atoms with Gasteiger partial charge in [-0.05, 0) is 39.8 Å². The number of carboxylic acids is 1. The molecule has 2 aliphatic heterocycles. The predicted octanol–water partition coefficient (Wildman–Crippen LogP) is -2.85. The van der Waals surface area contributed by atoms with Gasteiger partial charge in [-0.2, -0.15) is 0 Å². The first-order valence-corrected chi connectivity index (χ1v) is 9.71. The van der Waals surface area contributed by atoms with Gasteiger partial charge in [-0.15, -0.1) is 11.8 Å². The number of amides is 2. The second-order valence-corrected chi connectivity index (χ2v) is 9.56. The van der Waals surface area contributed by atoms with E-state index in [-0.39, 0.29) is 29.6 Å². The van der Waals surface area contributed by atoms with Gasteiger partial charge in [0.15, 0.2) is 17.1 Å². The minimum Gasteiger partial charge on any atom is -0.548 e. The van der Waals surface area contributed by atoms with Crippen LogP contribution in [0, 0.1) is 0 Å². The van der Waals surface area contributed by atoms with Crippen molar-refractivity contribution in [1.82, 2.24) is 10.2 Å². The van der Waals surface area contributed by atoms with Gasteiger partial charge >= 0.3 is 29.6 Å². The van der Waals surface area contributed by atoms with Gasteiger partial charge < -0.3 is 29.6 Å². The minimum atomic E-state index is -1.29. The first-order chi connectivity index (χ1) is 13.0. The Kier molecular flexibility index (Phi) is 6.89. The van der Waals surface area contributed by atoms with Crippen molar-refractivity contribution in [3.63, 3.8) is 0 Å². The molecule has 10 heteroatoms. The summed E-state index contributed by atoms with van der Waals surface area (Å²) in [5.41, 5.74) is -1.28. The van der Waals surface area contributed by atoms with Crippen LogP contribution in [0.2, 0.25) is 0 Å². The average molecular weight is 430 g/mol. The Morgan fingerprint density at radius 2 is 1.83 bits per heavy atom. The average Bonchev–Trinajstić information content (AvgIpc) is 2.87. The van der Waals surface area contributed by atoms with Gasteiger partial charge in [-0.1, -0.05) is 12.1 Å². The molecule has 0 radical (unpaired) electrons. The number of carbonyl (C=O) groups excluding carboxylic acids is 3. The second-order valence-electron chi connectivity index (χ2n) is 7.79. The van der Waals surface area contributed by atoms with E-state index in [2.05, 4.69) is 5.32 Å². The third-order valence-corrected chi connectivity index (χ3v) is 6.50. The van der Waals surface area contributed by atoms with Gasteiger partial charge in [-0.25, -0.2) is 0 Å². The Hall–Kier alpha value is -1.42. The van der Waals surface area contributed by atoms with E-state index >= 15 is 0 Å². The molecule has 1 N–H and O–H groups in total. The van der Waals surface area contributed by atoms with Crippen molar-refractivity contribution in [2.75, 3.05) is 7.11 Å². The maximum absolute atomic E-state index is 12.8. The number of carboxylic acid groups (broad SMARTS) is 1. The number of para-hydroxylation sites is 2. The zero-order valence-electron chi connectivity index (χ0n) is 17.3. The Balaban J connectivity index is 0.00000300. The number of hydrogen-bond acceptors (Lipinski definition) is 7. The van der Waals surface area contributed by atoms with Crippen molar-refractivity contribution < 1.29 is 58.5 Å². The van der Waals surface area contributed by atoms with Crippen molar-refractivity contribution in [2.45, 2.75) is 55.5 Å². The Morgan fingerprint density at radius 3 is 2.38 bits per heavy atom. The number of nitrogens with one attached hydrogen (secondary N) is 1. The molecular weight excluding hydrogens is 407 g/mol. The quantitative estimate of drug-likeness (QED) is 0.382. The molecule has 0 aromatic heterocycles. The van der Waals surface area contributed by atoms with Crippen molar-refractivity contribution in [1.29, 1.82) is 0 Å². The van der Waals surface area contributed by atoms with Crippen LogP contribution < -0.4 is 49.5 Å². The van der Waals surface area contributed by atoms with Crippen LogP contribution in [0.25, 0.3) is 0 Å². The van der Waals surface area contributed by atoms with Gasteiger partial charge in [-0.3, -0.25) is 9.59 Å². The van der Waals surface area contributed by atoms with Crippen LogP contribution in [0.1, 0.15) is 27.7 Å². The maximum Gasteiger partial charge on any atom is 1.00 e. The molecule has 2 aliphatic rings. The summed E-state index contributed by atoms with van der Waals surface area (Å²) in [5, 5.41) is 13.7. The van der Waals surface area contributed by atoms with Crippen LogP contribution >= 0.6 is 11.8 Å². The number of ether oxygens (including phenoxy) is 2. The third kappa shape index (κ3) is 4.23. The molecule has 29 heavy (non-hydrogen) atoms. The molecule has 2 saturated heterocycles. The molecule has 2 amide bonds. The van der Waals surface area contributed by atoms with Crippen LogP contribution in [-0.4, -0.2) is 57.6 Å². The van der Waals surface area contributed by atoms with E-state index in [0.717, 1.165) is 0 Å². The monoisotopic (exact) mass is 430 g/mol. The molecule has 3 atom stereocenters. The number of thioether (sulfide) groups is 1. The van der Waals surface area contributed by atoms with Crippen LogP contribution in [0.5, 0.6) is 11.5 Å². The van der Waals surface area contributed by atoms with Crippen molar-refractivity contribution in [3.05, 3.63) is 24.3 Å². The summed E-state index contributed by atoms with van der Waals surface area (Å²) < 4.78 is 10.4. The molecule has 8 nitrogen and oxygen atoms in total. The van der Waals surface area contributed by atoms with Crippen molar-refractivity contribution >= 4 is 29.5 Å². The molecule has 0 bridgehead atoms. The van der Waals surface area contributed by atoms with E-state index in [0.29, 0.717) is 11.5 Å². The fourth-order valence-electron chi connectivity index (χ4n) is 3.47. The molecule has 1 aromatic carbocycles. The molecule has 0 aliphatic carbocycles. The number of benzene rings is 1. The Labute approximate surface area is 196 Å². The van der Waals surface area contributed by atoms with E-state index in [4.69, 9.17) is 9.47 Å². The topological polar surface area (TPSA) is 108 Å². The number of hydrogen-bond donors (Lipinski definition) is 1. The second kappa shape index (κ2) is 8.37. The van der Waals surface area contributed by atoms with E-state index in [1.807, 2.05) is 0 Å². The van der Waals surface area contributed by atoms with Crippen LogP contribution in [0.15, 0.2) is 24.3 Å². The summed E-state index contributed by atoms with van der Waals surface area (Å²) in [7, 11) is 1.50. The number of nitrogens with zero attached hydrogens (tertiary/aromatic N) is 1. The van der Waals surface area contributed by atoms with Gasteiger partial charge in [0.05, 0.1) is 19.1 Å².